The maximum absolute atomic E-state index is 17.2. The van der Waals surface area contributed by atoms with Crippen LogP contribution in [-0.4, -0.2) is 85.1 Å². The first-order valence-electron chi connectivity index (χ1n) is 15.9. The molecule has 49 heavy (non-hydrogen) atoms. The summed E-state index contributed by atoms with van der Waals surface area (Å²) in [7, 11) is 3.50. The second kappa shape index (κ2) is 12.9. The smallest absolute Gasteiger partial charge is 0.319 e. The first-order chi connectivity index (χ1) is 23.7. The van der Waals surface area contributed by atoms with E-state index < -0.39 is 11.6 Å². The van der Waals surface area contributed by atoms with E-state index in [1.54, 1.807) is 25.2 Å². The number of halogens is 3. The fourth-order valence-electron chi connectivity index (χ4n) is 7.12. The van der Waals surface area contributed by atoms with Crippen LogP contribution in [0.1, 0.15) is 31.2 Å². The lowest BCUT2D eigenvalue weighted by Gasteiger charge is -2.31. The van der Waals surface area contributed by atoms with E-state index in [-0.39, 0.29) is 78.2 Å². The predicted molar refractivity (Wildman–Crippen MR) is 186 cm³/mol. The van der Waals surface area contributed by atoms with Crippen molar-refractivity contribution in [3.8, 4) is 35.0 Å². The van der Waals surface area contributed by atoms with Crippen LogP contribution in [0, 0.1) is 34.3 Å². The Morgan fingerprint density at radius 3 is 2.69 bits per heavy atom. The van der Waals surface area contributed by atoms with Crippen molar-refractivity contribution in [3.63, 3.8) is 0 Å². The van der Waals surface area contributed by atoms with Gasteiger partial charge in [-0.3, -0.25) is 4.90 Å². The zero-order valence-electron chi connectivity index (χ0n) is 26.9. The van der Waals surface area contributed by atoms with Crippen LogP contribution in [0.2, 0.25) is 5.02 Å². The summed E-state index contributed by atoms with van der Waals surface area (Å²) in [6, 6.07) is 6.74. The number of thiophene rings is 1. The topological polar surface area (TPSA) is 140 Å². The number of nitrogen functional groups attached to an aromatic ring is 1. The van der Waals surface area contributed by atoms with Gasteiger partial charge < -0.3 is 25.1 Å². The number of hydrogen-bond donors (Lipinski definition) is 1. The van der Waals surface area contributed by atoms with Gasteiger partial charge in [0.25, 0.3) is 0 Å². The highest BCUT2D eigenvalue weighted by Crippen LogP contribution is 2.50. The van der Waals surface area contributed by atoms with Crippen molar-refractivity contribution >= 4 is 61.0 Å². The number of rotatable bonds is 8. The molecule has 2 fully saturated rings. The molecule has 3 aliphatic heterocycles. The van der Waals surface area contributed by atoms with Gasteiger partial charge in [-0.05, 0) is 56.5 Å². The summed E-state index contributed by atoms with van der Waals surface area (Å²) >= 11 is 7.92. The van der Waals surface area contributed by atoms with Crippen molar-refractivity contribution in [2.24, 2.45) is 5.10 Å². The molecule has 0 aliphatic carbocycles. The highest BCUT2D eigenvalue weighted by Gasteiger charge is 2.45. The molecule has 252 valence electrons. The van der Waals surface area contributed by atoms with Crippen LogP contribution < -0.4 is 20.1 Å². The number of hydrogen-bond acceptors (Lipinski definition) is 12. The maximum atomic E-state index is 17.2. The van der Waals surface area contributed by atoms with Crippen LogP contribution in [0.25, 0.3) is 32.1 Å². The molecule has 0 spiro atoms. The molecule has 0 amide bonds. The third-order valence-electron chi connectivity index (χ3n) is 9.42. The molecule has 2 aromatic heterocycles. The van der Waals surface area contributed by atoms with Gasteiger partial charge in [0, 0.05) is 31.6 Å². The summed E-state index contributed by atoms with van der Waals surface area (Å²) in [5, 5.41) is 25.8. The van der Waals surface area contributed by atoms with Crippen molar-refractivity contribution in [3.05, 3.63) is 46.0 Å². The number of fused-ring (bicyclic) bond motifs is 2. The summed E-state index contributed by atoms with van der Waals surface area (Å²) in [6.45, 7) is 3.03. The average molecular weight is 704 g/mol. The molecule has 0 bridgehead atoms. The third-order valence-corrected chi connectivity index (χ3v) is 10.8. The Bertz CT molecular complexity index is 2130. The maximum Gasteiger partial charge on any atom is 0.319 e. The Balaban J connectivity index is 1.42. The number of nitrogens with two attached hydrogens (primary N) is 1. The number of aromatic nitrogens is 2. The van der Waals surface area contributed by atoms with Gasteiger partial charge in [0.2, 0.25) is 0 Å². The molecule has 0 radical (unpaired) electrons. The van der Waals surface area contributed by atoms with Crippen molar-refractivity contribution in [2.45, 2.75) is 31.2 Å². The van der Waals surface area contributed by atoms with E-state index in [9.17, 15) is 14.9 Å². The molecule has 3 aliphatic rings. The summed E-state index contributed by atoms with van der Waals surface area (Å²) in [5.41, 5.74) is 6.31. The normalized spacial score (nSPS) is 17.3. The first kappa shape index (κ1) is 32.8. The number of hydrazone groups is 1. The molecule has 15 heteroatoms. The van der Waals surface area contributed by atoms with Crippen LogP contribution in [0.4, 0.5) is 19.6 Å². The Kier molecular flexibility index (Phi) is 8.65. The Hall–Kier alpha value is -4.76. The SMILES string of the molecule is CN(C)/N=C\C(C#N)=C\CN1CCOc2c(Cl)c(-c3ccc(F)c4sc(N)c(C#N)c34)c(F)c3nc(OCC45CCCN4CCC5)nc1c23. The largest absolute Gasteiger partial charge is 0.489 e. The third kappa shape index (κ3) is 5.63. The molecule has 2 saturated heterocycles. The number of allylic oxidation sites excluding steroid dienone is 1. The van der Waals surface area contributed by atoms with E-state index in [1.807, 2.05) is 11.0 Å². The Morgan fingerprint density at radius 2 is 1.98 bits per heavy atom. The van der Waals surface area contributed by atoms with Gasteiger partial charge >= 0.3 is 6.01 Å². The van der Waals surface area contributed by atoms with E-state index in [0.29, 0.717) is 24.5 Å². The lowest BCUT2D eigenvalue weighted by atomic mass is 9.95. The number of nitriles is 2. The second-order valence-corrected chi connectivity index (χ2v) is 13.9. The summed E-state index contributed by atoms with van der Waals surface area (Å²) in [6.07, 6.45) is 7.30. The van der Waals surface area contributed by atoms with Gasteiger partial charge in [-0.1, -0.05) is 17.7 Å². The van der Waals surface area contributed by atoms with Crippen molar-refractivity contribution in [1.29, 1.82) is 10.5 Å². The van der Waals surface area contributed by atoms with E-state index in [4.69, 9.17) is 31.8 Å². The van der Waals surface area contributed by atoms with Crippen LogP contribution in [0.3, 0.4) is 0 Å². The minimum atomic E-state index is -0.808. The number of nitrogens with zero attached hydrogens (tertiary/aromatic N) is 8. The molecule has 0 unspecified atom stereocenters. The zero-order chi connectivity index (χ0) is 34.4. The number of ether oxygens (including phenoxy) is 2. The van der Waals surface area contributed by atoms with Crippen LogP contribution >= 0.6 is 22.9 Å². The minimum Gasteiger partial charge on any atom is -0.489 e. The second-order valence-electron chi connectivity index (χ2n) is 12.5. The molecule has 2 N–H and O–H groups in total. The highest BCUT2D eigenvalue weighted by atomic mass is 35.5. The van der Waals surface area contributed by atoms with E-state index in [1.165, 1.54) is 18.3 Å². The predicted octanol–water partition coefficient (Wildman–Crippen LogP) is 6.10. The standard InChI is InChI=1S/C34H32ClF2N9O2S/c1-44(2)41-17-19(15-38)7-12-45-13-14-47-29-25-28(42-33(43-32(25)45)48-18-34-8-3-10-46(34)11-4-9-34)27(37)24(26(29)35)20-5-6-22(36)30-23(20)21(16-39)31(40)49-30/h5-7,17H,3-4,8-14,18,40H2,1-2H3/b19-7+,41-17-. The van der Waals surface area contributed by atoms with Gasteiger partial charge in [-0.2, -0.15) is 25.6 Å². The van der Waals surface area contributed by atoms with Gasteiger partial charge in [0.15, 0.2) is 11.6 Å². The molecule has 0 atom stereocenters. The van der Waals surface area contributed by atoms with Crippen molar-refractivity contribution in [2.75, 3.05) is 64.1 Å². The zero-order valence-corrected chi connectivity index (χ0v) is 28.5. The average Bonchev–Trinajstić information content (AvgIpc) is 3.73. The Morgan fingerprint density at radius 1 is 1.20 bits per heavy atom. The molecule has 7 rings (SSSR count). The van der Waals surface area contributed by atoms with E-state index in [0.717, 1.165) is 50.1 Å². The van der Waals surface area contributed by atoms with Crippen LogP contribution in [0.15, 0.2) is 28.9 Å². The van der Waals surface area contributed by atoms with Crippen molar-refractivity contribution < 1.29 is 18.3 Å². The molecule has 2 aromatic carbocycles. The number of anilines is 2. The van der Waals surface area contributed by atoms with Gasteiger partial charge in [0.1, 0.15) is 47.5 Å². The minimum absolute atomic E-state index is 0.0129. The van der Waals surface area contributed by atoms with Crippen LogP contribution in [0.5, 0.6) is 11.8 Å². The number of benzene rings is 2. The lowest BCUT2D eigenvalue weighted by molar-refractivity contribution is 0.108. The Labute approximate surface area is 290 Å². The summed E-state index contributed by atoms with van der Waals surface area (Å²) < 4.78 is 44.8. The van der Waals surface area contributed by atoms with Gasteiger partial charge in [-0.15, -0.1) is 11.3 Å². The fourth-order valence-corrected chi connectivity index (χ4v) is 8.41. The lowest BCUT2D eigenvalue weighted by Crippen LogP contribution is -2.43. The summed E-state index contributed by atoms with van der Waals surface area (Å²) in [4.78, 5) is 13.7. The summed E-state index contributed by atoms with van der Waals surface area (Å²) in [5.74, 6) is -0.928. The molecule has 5 heterocycles. The molecular weight excluding hydrogens is 672 g/mol. The first-order valence-corrected chi connectivity index (χ1v) is 17.1. The molecular formula is C34H32ClF2N9O2S. The molecule has 11 nitrogen and oxygen atoms in total. The molecule has 4 aromatic rings. The van der Waals surface area contributed by atoms with Crippen molar-refractivity contribution in [1.82, 2.24) is 19.9 Å². The molecule has 0 saturated carbocycles. The van der Waals surface area contributed by atoms with Gasteiger partial charge in [-0.25, -0.2) is 8.78 Å². The quantitative estimate of drug-likeness (QED) is 0.130. The van der Waals surface area contributed by atoms with E-state index in [2.05, 4.69) is 21.1 Å². The monoisotopic (exact) mass is 703 g/mol. The highest BCUT2D eigenvalue weighted by molar-refractivity contribution is 7.23. The van der Waals surface area contributed by atoms with Gasteiger partial charge in [0.05, 0.1) is 44.5 Å². The van der Waals surface area contributed by atoms with Crippen LogP contribution in [-0.2, 0) is 0 Å². The fraction of sp³-hybridized carbons (Fsp3) is 0.382. The van der Waals surface area contributed by atoms with E-state index >= 15 is 4.39 Å².